The summed E-state index contributed by atoms with van der Waals surface area (Å²) in [5.41, 5.74) is 0.890. The van der Waals surface area contributed by atoms with E-state index in [4.69, 9.17) is 15.0 Å². The van der Waals surface area contributed by atoms with E-state index in [1.165, 1.54) is 32.1 Å². The van der Waals surface area contributed by atoms with Crippen molar-refractivity contribution in [2.75, 3.05) is 28.6 Å². The summed E-state index contributed by atoms with van der Waals surface area (Å²) in [7, 11) is 0. The van der Waals surface area contributed by atoms with E-state index in [0.29, 0.717) is 29.9 Å². The van der Waals surface area contributed by atoms with E-state index in [0.717, 1.165) is 37.9 Å². The predicted molar refractivity (Wildman–Crippen MR) is 133 cm³/mol. The van der Waals surface area contributed by atoms with Crippen LogP contribution in [0, 0.1) is 11.3 Å². The second kappa shape index (κ2) is 11.8. The number of rotatable bonds is 9. The van der Waals surface area contributed by atoms with Gasteiger partial charge in [0.2, 0.25) is 17.8 Å². The van der Waals surface area contributed by atoms with Gasteiger partial charge in [0.25, 0.3) is 0 Å². The van der Waals surface area contributed by atoms with Crippen molar-refractivity contribution in [2.45, 2.75) is 82.8 Å². The molecule has 1 saturated heterocycles. The van der Waals surface area contributed by atoms with E-state index < -0.39 is 0 Å². The highest BCUT2D eigenvalue weighted by atomic mass is 15.3. The van der Waals surface area contributed by atoms with Gasteiger partial charge in [-0.05, 0) is 50.8 Å². The summed E-state index contributed by atoms with van der Waals surface area (Å²) in [5.74, 6) is 1.64. The van der Waals surface area contributed by atoms with E-state index in [1.807, 2.05) is 35.2 Å². The molecule has 2 fully saturated rings. The summed E-state index contributed by atoms with van der Waals surface area (Å²) in [5, 5.41) is 20.3. The molecule has 2 atom stereocenters. The highest BCUT2D eigenvalue weighted by Crippen LogP contribution is 2.26. The zero-order valence-corrected chi connectivity index (χ0v) is 19.6. The number of aromatic nitrogens is 3. The van der Waals surface area contributed by atoms with Crippen molar-refractivity contribution in [3.8, 4) is 6.07 Å². The van der Waals surface area contributed by atoms with Gasteiger partial charge in [-0.15, -0.1) is 0 Å². The van der Waals surface area contributed by atoms with Crippen molar-refractivity contribution in [1.29, 1.82) is 5.26 Å². The molecule has 1 aromatic heterocycles. The molecule has 1 saturated carbocycles. The topological polar surface area (TPSA) is 102 Å². The lowest BCUT2D eigenvalue weighted by Crippen LogP contribution is -2.40. The molecule has 1 unspecified atom stereocenters. The number of benzene rings is 1. The molecule has 1 aromatic carbocycles. The first-order valence-corrected chi connectivity index (χ1v) is 12.5. The van der Waals surface area contributed by atoms with Crippen molar-refractivity contribution in [1.82, 2.24) is 20.3 Å². The van der Waals surface area contributed by atoms with Crippen LogP contribution in [0.15, 0.2) is 30.3 Å². The van der Waals surface area contributed by atoms with Gasteiger partial charge >= 0.3 is 0 Å². The fraction of sp³-hybridized carbons (Fsp3) is 0.600. The lowest BCUT2D eigenvalue weighted by molar-refractivity contribution is 0.496. The molecule has 4 rings (SSSR count). The fourth-order valence-corrected chi connectivity index (χ4v) is 4.88. The molecular weight excluding hydrogens is 412 g/mol. The van der Waals surface area contributed by atoms with Crippen molar-refractivity contribution in [3.63, 3.8) is 0 Å². The number of nitrogens with one attached hydrogen (secondary N) is 3. The molecule has 1 aliphatic carbocycles. The van der Waals surface area contributed by atoms with Crippen molar-refractivity contribution < 1.29 is 0 Å². The summed E-state index contributed by atoms with van der Waals surface area (Å²) in [6.45, 7) is 3.41. The van der Waals surface area contributed by atoms with Gasteiger partial charge in [-0.2, -0.15) is 20.2 Å². The third-order valence-electron chi connectivity index (χ3n) is 6.69. The molecule has 8 heteroatoms. The summed E-state index contributed by atoms with van der Waals surface area (Å²) < 4.78 is 0. The number of hydrogen-bond acceptors (Lipinski definition) is 8. The van der Waals surface area contributed by atoms with Crippen molar-refractivity contribution in [2.24, 2.45) is 0 Å². The monoisotopic (exact) mass is 448 g/mol. The van der Waals surface area contributed by atoms with E-state index in [2.05, 4.69) is 28.9 Å². The maximum atomic E-state index is 9.51. The molecule has 8 nitrogen and oxygen atoms in total. The van der Waals surface area contributed by atoms with Crippen LogP contribution in [0.25, 0.3) is 0 Å². The van der Waals surface area contributed by atoms with Crippen LogP contribution in [0.4, 0.5) is 23.5 Å². The Hall–Kier alpha value is -2.92. The van der Waals surface area contributed by atoms with Gasteiger partial charge in [0, 0.05) is 23.8 Å². The highest BCUT2D eigenvalue weighted by molar-refractivity contribution is 5.60. The molecule has 1 aliphatic heterocycles. The number of nitrogens with zero attached hydrogens (tertiary/aromatic N) is 5. The average molecular weight is 449 g/mol. The van der Waals surface area contributed by atoms with Crippen LogP contribution < -0.4 is 20.9 Å². The zero-order chi connectivity index (χ0) is 22.9. The summed E-state index contributed by atoms with van der Waals surface area (Å²) >= 11 is 0. The molecule has 2 aliphatic rings. The lowest BCUT2D eigenvalue weighted by atomic mass is 10.0. The largest absolute Gasteiger partial charge is 0.351 e. The molecular formula is C25H36N8. The van der Waals surface area contributed by atoms with E-state index in [9.17, 15) is 5.26 Å². The summed E-state index contributed by atoms with van der Waals surface area (Å²) in [6, 6.07) is 13.1. The Morgan fingerprint density at radius 1 is 1.03 bits per heavy atom. The first-order chi connectivity index (χ1) is 16.3. The molecule has 176 valence electrons. The Kier molecular flexibility index (Phi) is 8.31. The number of para-hydroxylation sites is 1. The van der Waals surface area contributed by atoms with Gasteiger partial charge < -0.3 is 16.0 Å². The van der Waals surface area contributed by atoms with Crippen LogP contribution in [0.1, 0.15) is 64.7 Å². The Labute approximate surface area is 197 Å². The molecule has 0 radical (unpaired) electrons. The van der Waals surface area contributed by atoms with Crippen molar-refractivity contribution >= 4 is 23.5 Å². The van der Waals surface area contributed by atoms with Crippen LogP contribution in [0.5, 0.6) is 0 Å². The van der Waals surface area contributed by atoms with E-state index in [1.54, 1.807) is 0 Å². The average Bonchev–Trinajstić information content (AvgIpc) is 3.26. The SMILES string of the molecule is CC[C@H](Nc1nc(NC2CCCCCC2)nc(N(CC#N)c2ccccc2)n1)C1CCCN1. The number of anilines is 4. The van der Waals surface area contributed by atoms with Crippen LogP contribution >= 0.6 is 0 Å². The van der Waals surface area contributed by atoms with Gasteiger partial charge in [-0.1, -0.05) is 50.8 Å². The Morgan fingerprint density at radius 3 is 2.45 bits per heavy atom. The smallest absolute Gasteiger partial charge is 0.237 e. The molecule has 0 spiro atoms. The fourth-order valence-electron chi connectivity index (χ4n) is 4.88. The normalized spacial score (nSPS) is 19.9. The van der Waals surface area contributed by atoms with Gasteiger partial charge in [-0.25, -0.2) is 0 Å². The van der Waals surface area contributed by atoms with Gasteiger partial charge in [-0.3, -0.25) is 4.90 Å². The van der Waals surface area contributed by atoms with Crippen molar-refractivity contribution in [3.05, 3.63) is 30.3 Å². The first kappa shape index (κ1) is 23.2. The Balaban J connectivity index is 1.64. The molecule has 33 heavy (non-hydrogen) atoms. The summed E-state index contributed by atoms with van der Waals surface area (Å²) in [4.78, 5) is 16.2. The minimum absolute atomic E-state index is 0.164. The first-order valence-electron chi connectivity index (χ1n) is 12.5. The maximum absolute atomic E-state index is 9.51. The second-order valence-corrected chi connectivity index (χ2v) is 9.06. The van der Waals surface area contributed by atoms with Crippen LogP contribution in [0.2, 0.25) is 0 Å². The third-order valence-corrected chi connectivity index (χ3v) is 6.69. The quantitative estimate of drug-likeness (QED) is 0.378. The third kappa shape index (κ3) is 6.32. The maximum Gasteiger partial charge on any atom is 0.237 e. The summed E-state index contributed by atoms with van der Waals surface area (Å²) in [6.07, 6.45) is 10.7. The standard InChI is InChI=1S/C25H36N8/c1-2-21(22-15-10-17-27-22)29-24-30-23(28-19-11-6-3-4-7-12-19)31-25(32-24)33(18-16-26)20-13-8-5-9-14-20/h5,8-9,13-14,19,21-22,27H,2-4,6-7,10-12,15,17-18H2,1H3,(H2,28,29,30,31,32)/t21-,22?/m0/s1. The van der Waals surface area contributed by atoms with Crippen LogP contribution in [-0.2, 0) is 0 Å². The Morgan fingerprint density at radius 2 is 1.79 bits per heavy atom. The molecule has 3 N–H and O–H groups in total. The molecule has 0 amide bonds. The van der Waals surface area contributed by atoms with Gasteiger partial charge in [0.1, 0.15) is 6.54 Å². The van der Waals surface area contributed by atoms with Crippen LogP contribution in [-0.4, -0.2) is 46.2 Å². The van der Waals surface area contributed by atoms with Gasteiger partial charge in [0.15, 0.2) is 0 Å². The number of hydrogen-bond donors (Lipinski definition) is 3. The molecule has 2 aromatic rings. The molecule has 0 bridgehead atoms. The van der Waals surface area contributed by atoms with Crippen LogP contribution in [0.3, 0.4) is 0 Å². The Bertz CT molecular complexity index is 898. The van der Waals surface area contributed by atoms with E-state index in [-0.39, 0.29) is 12.6 Å². The minimum Gasteiger partial charge on any atom is -0.351 e. The molecule has 2 heterocycles. The predicted octanol–water partition coefficient (Wildman–Crippen LogP) is 4.61. The lowest BCUT2D eigenvalue weighted by Gasteiger charge is -2.26. The van der Waals surface area contributed by atoms with E-state index >= 15 is 0 Å². The highest BCUT2D eigenvalue weighted by Gasteiger charge is 2.25. The van der Waals surface area contributed by atoms with Gasteiger partial charge in [0.05, 0.1) is 6.07 Å². The zero-order valence-electron chi connectivity index (χ0n) is 19.6. The second-order valence-electron chi connectivity index (χ2n) is 9.06. The number of nitriles is 1. The minimum atomic E-state index is 0.164.